The molecule has 2 rings (SSSR count). The molecule has 0 aromatic heterocycles. The molecule has 7 nitrogen and oxygen atoms in total. The van der Waals surface area contributed by atoms with Crippen LogP contribution in [0, 0.1) is 13.8 Å². The lowest BCUT2D eigenvalue weighted by Crippen LogP contribution is -2.47. The van der Waals surface area contributed by atoms with E-state index in [2.05, 4.69) is 21.2 Å². The molecule has 2 amide bonds. The Morgan fingerprint density at radius 3 is 2.26 bits per heavy atom. The first-order chi connectivity index (χ1) is 15.9. The predicted octanol–water partition coefficient (Wildman–Crippen LogP) is 4.17. The Morgan fingerprint density at radius 1 is 1.06 bits per heavy atom. The molecule has 9 heteroatoms. The highest BCUT2D eigenvalue weighted by atomic mass is 79.9. The van der Waals surface area contributed by atoms with Crippen LogP contribution < -0.4 is 9.62 Å². The number of nitrogens with one attached hydrogen (secondary N) is 1. The molecule has 1 atom stereocenters. The van der Waals surface area contributed by atoms with Crippen molar-refractivity contribution in [3.63, 3.8) is 0 Å². The normalized spacial score (nSPS) is 12.2. The molecule has 0 aliphatic rings. The van der Waals surface area contributed by atoms with Gasteiger partial charge in [-0.1, -0.05) is 34.1 Å². The second-order valence-electron chi connectivity index (χ2n) is 8.43. The number of benzene rings is 2. The van der Waals surface area contributed by atoms with Crippen LogP contribution in [0.5, 0.6) is 0 Å². The molecule has 0 unspecified atom stereocenters. The summed E-state index contributed by atoms with van der Waals surface area (Å²) < 4.78 is 27.2. The van der Waals surface area contributed by atoms with Crippen molar-refractivity contribution in [2.75, 3.05) is 23.7 Å². The molecular weight excluding hydrogens is 518 g/mol. The smallest absolute Gasteiger partial charge is 0.242 e. The van der Waals surface area contributed by atoms with E-state index >= 15 is 0 Å². The SMILES string of the molecule is CCNC(=O)[C@@H](C)N(Cc1ccc(Br)cc1)C(=O)CCCN(c1ccc(C)c(C)c1)S(C)(=O)=O. The highest BCUT2D eigenvalue weighted by Crippen LogP contribution is 2.22. The van der Waals surface area contributed by atoms with E-state index in [4.69, 9.17) is 0 Å². The lowest BCUT2D eigenvalue weighted by Gasteiger charge is -2.29. The number of hydrogen-bond donors (Lipinski definition) is 1. The summed E-state index contributed by atoms with van der Waals surface area (Å²) >= 11 is 3.41. The van der Waals surface area contributed by atoms with Crippen LogP contribution >= 0.6 is 15.9 Å². The zero-order chi connectivity index (χ0) is 25.5. The summed E-state index contributed by atoms with van der Waals surface area (Å²) in [6.45, 7) is 8.39. The number of aryl methyl sites for hydroxylation is 2. The minimum Gasteiger partial charge on any atom is -0.355 e. The van der Waals surface area contributed by atoms with E-state index in [1.807, 2.05) is 57.2 Å². The van der Waals surface area contributed by atoms with Crippen LogP contribution in [0.15, 0.2) is 46.9 Å². The molecular formula is C25H34BrN3O4S. The van der Waals surface area contributed by atoms with Gasteiger partial charge in [-0.3, -0.25) is 13.9 Å². The Kier molecular flexibility index (Phi) is 10.1. The Labute approximate surface area is 211 Å². The molecule has 0 aliphatic heterocycles. The molecule has 0 saturated carbocycles. The number of amides is 2. The minimum atomic E-state index is -3.52. The Bertz CT molecular complexity index is 1100. The summed E-state index contributed by atoms with van der Waals surface area (Å²) in [6, 6.07) is 12.4. The van der Waals surface area contributed by atoms with Gasteiger partial charge in [-0.05, 0) is 75.1 Å². The number of anilines is 1. The van der Waals surface area contributed by atoms with Crippen molar-refractivity contribution < 1.29 is 18.0 Å². The summed E-state index contributed by atoms with van der Waals surface area (Å²) in [5.41, 5.74) is 3.56. The molecule has 0 bridgehead atoms. The summed E-state index contributed by atoms with van der Waals surface area (Å²) in [7, 11) is -3.52. The summed E-state index contributed by atoms with van der Waals surface area (Å²) in [6.07, 6.45) is 1.62. The van der Waals surface area contributed by atoms with Crippen molar-refractivity contribution in [1.29, 1.82) is 0 Å². The van der Waals surface area contributed by atoms with Crippen molar-refractivity contribution in [1.82, 2.24) is 10.2 Å². The van der Waals surface area contributed by atoms with Gasteiger partial charge in [-0.25, -0.2) is 8.42 Å². The van der Waals surface area contributed by atoms with Crippen LogP contribution in [-0.2, 0) is 26.2 Å². The number of halogens is 1. The molecule has 0 fully saturated rings. The highest BCUT2D eigenvalue weighted by molar-refractivity contribution is 9.10. The number of rotatable bonds is 11. The average molecular weight is 553 g/mol. The molecule has 2 aromatic carbocycles. The number of carbonyl (C=O) groups excluding carboxylic acids is 2. The topological polar surface area (TPSA) is 86.8 Å². The van der Waals surface area contributed by atoms with Gasteiger partial charge in [0.15, 0.2) is 0 Å². The van der Waals surface area contributed by atoms with E-state index in [0.29, 0.717) is 18.7 Å². The largest absolute Gasteiger partial charge is 0.355 e. The van der Waals surface area contributed by atoms with Gasteiger partial charge in [0.25, 0.3) is 0 Å². The number of sulfonamides is 1. The monoisotopic (exact) mass is 551 g/mol. The number of nitrogens with zero attached hydrogens (tertiary/aromatic N) is 2. The van der Waals surface area contributed by atoms with Crippen molar-refractivity contribution in [2.45, 2.75) is 53.1 Å². The standard InChI is InChI=1S/C25H34BrN3O4S/c1-6-27-25(31)20(4)28(17-21-10-12-22(26)13-11-21)24(30)8-7-15-29(34(5,32)33)23-14-9-18(2)19(3)16-23/h9-14,16,20H,6-8,15,17H2,1-5H3,(H,27,31)/t20-/m1/s1. The van der Waals surface area contributed by atoms with Gasteiger partial charge >= 0.3 is 0 Å². The molecule has 0 heterocycles. The van der Waals surface area contributed by atoms with Gasteiger partial charge in [0.2, 0.25) is 21.8 Å². The third-order valence-corrected chi connectivity index (χ3v) is 7.44. The van der Waals surface area contributed by atoms with E-state index in [1.54, 1.807) is 17.9 Å². The second-order valence-corrected chi connectivity index (χ2v) is 11.2. The lowest BCUT2D eigenvalue weighted by molar-refractivity contribution is -0.140. The number of likely N-dealkylation sites (N-methyl/N-ethyl adjacent to an activating group) is 1. The molecule has 0 aliphatic carbocycles. The maximum absolute atomic E-state index is 13.2. The minimum absolute atomic E-state index is 0.122. The third kappa shape index (κ3) is 7.84. The van der Waals surface area contributed by atoms with Gasteiger partial charge in [0, 0.05) is 30.5 Å². The maximum atomic E-state index is 13.2. The van der Waals surface area contributed by atoms with Crippen molar-refractivity contribution in [3.05, 3.63) is 63.6 Å². The third-order valence-electron chi connectivity index (χ3n) is 5.72. The van der Waals surface area contributed by atoms with Gasteiger partial charge in [0.1, 0.15) is 6.04 Å². The van der Waals surface area contributed by atoms with Gasteiger partial charge in [-0.2, -0.15) is 0 Å². The molecule has 186 valence electrons. The number of carbonyl (C=O) groups is 2. The van der Waals surface area contributed by atoms with E-state index in [9.17, 15) is 18.0 Å². The van der Waals surface area contributed by atoms with Gasteiger partial charge < -0.3 is 10.2 Å². The van der Waals surface area contributed by atoms with Crippen LogP contribution in [0.1, 0.15) is 43.4 Å². The first-order valence-corrected chi connectivity index (χ1v) is 13.9. The first-order valence-electron chi connectivity index (χ1n) is 11.3. The Morgan fingerprint density at radius 2 is 1.71 bits per heavy atom. The second kappa shape index (κ2) is 12.4. The average Bonchev–Trinajstić information content (AvgIpc) is 2.77. The molecule has 0 radical (unpaired) electrons. The quantitative estimate of drug-likeness (QED) is 0.454. The van der Waals surface area contributed by atoms with Gasteiger partial charge in [-0.15, -0.1) is 0 Å². The fourth-order valence-electron chi connectivity index (χ4n) is 3.58. The Balaban J connectivity index is 2.16. The summed E-state index contributed by atoms with van der Waals surface area (Å²) in [5.74, 6) is -0.420. The molecule has 2 aromatic rings. The van der Waals surface area contributed by atoms with Crippen molar-refractivity contribution in [3.8, 4) is 0 Å². The van der Waals surface area contributed by atoms with Crippen molar-refractivity contribution >= 4 is 43.5 Å². The first kappa shape index (κ1) is 27.9. The molecule has 1 N–H and O–H groups in total. The van der Waals surface area contributed by atoms with E-state index in [-0.39, 0.29) is 31.3 Å². The van der Waals surface area contributed by atoms with Crippen LogP contribution in [0.2, 0.25) is 0 Å². The fraction of sp³-hybridized carbons (Fsp3) is 0.440. The Hall–Kier alpha value is -2.39. The van der Waals surface area contributed by atoms with E-state index in [1.165, 1.54) is 10.6 Å². The maximum Gasteiger partial charge on any atom is 0.242 e. The van der Waals surface area contributed by atoms with Crippen LogP contribution in [0.4, 0.5) is 5.69 Å². The van der Waals surface area contributed by atoms with Crippen LogP contribution in [0.25, 0.3) is 0 Å². The summed E-state index contributed by atoms with van der Waals surface area (Å²) in [4.78, 5) is 27.2. The van der Waals surface area contributed by atoms with Crippen LogP contribution in [-0.4, -0.2) is 50.5 Å². The van der Waals surface area contributed by atoms with E-state index in [0.717, 1.165) is 21.2 Å². The van der Waals surface area contributed by atoms with Crippen molar-refractivity contribution in [2.24, 2.45) is 0 Å². The van der Waals surface area contributed by atoms with E-state index < -0.39 is 16.1 Å². The molecule has 0 spiro atoms. The molecule has 34 heavy (non-hydrogen) atoms. The zero-order valence-electron chi connectivity index (χ0n) is 20.5. The van der Waals surface area contributed by atoms with Crippen LogP contribution in [0.3, 0.4) is 0 Å². The number of hydrogen-bond acceptors (Lipinski definition) is 4. The fourth-order valence-corrected chi connectivity index (χ4v) is 4.80. The van der Waals surface area contributed by atoms with Gasteiger partial charge in [0.05, 0.1) is 11.9 Å². The summed E-state index contributed by atoms with van der Waals surface area (Å²) in [5, 5.41) is 2.77. The highest BCUT2D eigenvalue weighted by Gasteiger charge is 2.26. The molecule has 0 saturated heterocycles. The lowest BCUT2D eigenvalue weighted by atomic mass is 10.1. The zero-order valence-corrected chi connectivity index (χ0v) is 22.9. The predicted molar refractivity (Wildman–Crippen MR) is 140 cm³/mol.